The second-order valence-electron chi connectivity index (χ2n) is 3.76. The molecule has 0 saturated carbocycles. The minimum absolute atomic E-state index is 0.251. The largest absolute Gasteiger partial charge is 0.481 e. The molecule has 0 bridgehead atoms. The summed E-state index contributed by atoms with van der Waals surface area (Å²) in [5, 5.41) is 2.62. The Hall–Kier alpha value is -2.19. The van der Waals surface area contributed by atoms with E-state index in [4.69, 9.17) is 9.15 Å². The Balaban J connectivity index is 1.69. The predicted octanol–water partition coefficient (Wildman–Crippen LogP) is 2.85. The van der Waals surface area contributed by atoms with Crippen LogP contribution in [-0.2, 0) is 0 Å². The summed E-state index contributed by atoms with van der Waals surface area (Å²) >= 11 is 3.36. The zero-order chi connectivity index (χ0) is 14.2. The van der Waals surface area contributed by atoms with Crippen LogP contribution in [0.5, 0.6) is 5.75 Å². The minimum Gasteiger partial charge on any atom is -0.481 e. The number of carbonyl (C=O) groups excluding carboxylic acids is 1. The fourth-order valence-electron chi connectivity index (χ4n) is 1.41. The van der Waals surface area contributed by atoms with Crippen molar-refractivity contribution in [2.45, 2.75) is 0 Å². The van der Waals surface area contributed by atoms with E-state index in [1.807, 2.05) is 24.3 Å². The van der Waals surface area contributed by atoms with Gasteiger partial charge in [0.25, 0.3) is 5.91 Å². The van der Waals surface area contributed by atoms with E-state index in [1.165, 1.54) is 6.26 Å². The molecule has 1 heterocycles. The maximum Gasteiger partial charge on any atom is 0.287 e. The zero-order valence-electron chi connectivity index (χ0n) is 10.6. The lowest BCUT2D eigenvalue weighted by molar-refractivity contribution is 0.0931. The van der Waals surface area contributed by atoms with Crippen molar-refractivity contribution in [3.05, 3.63) is 52.9 Å². The normalized spacial score (nSPS) is 9.45. The zero-order valence-corrected chi connectivity index (χ0v) is 12.1. The van der Waals surface area contributed by atoms with E-state index in [9.17, 15) is 4.79 Å². The van der Waals surface area contributed by atoms with Crippen molar-refractivity contribution in [2.75, 3.05) is 13.2 Å². The predicted molar refractivity (Wildman–Crippen MR) is 78.5 cm³/mol. The van der Waals surface area contributed by atoms with Crippen molar-refractivity contribution < 1.29 is 13.9 Å². The van der Waals surface area contributed by atoms with Crippen molar-refractivity contribution in [3.8, 4) is 17.6 Å². The monoisotopic (exact) mass is 333 g/mol. The number of furan rings is 1. The molecule has 0 aliphatic carbocycles. The van der Waals surface area contributed by atoms with E-state index in [-0.39, 0.29) is 24.8 Å². The van der Waals surface area contributed by atoms with Crippen LogP contribution < -0.4 is 10.1 Å². The van der Waals surface area contributed by atoms with Crippen LogP contribution in [0.15, 0.2) is 51.6 Å². The van der Waals surface area contributed by atoms with Gasteiger partial charge in [-0.15, -0.1) is 0 Å². The van der Waals surface area contributed by atoms with E-state index >= 15 is 0 Å². The third-order valence-electron chi connectivity index (χ3n) is 2.31. The molecule has 0 radical (unpaired) electrons. The highest BCUT2D eigenvalue weighted by Gasteiger charge is 2.05. The SMILES string of the molecule is O=C(NCC#CCOc1cccc(Br)c1)c1ccco1. The molecule has 0 aliphatic rings. The number of halogens is 1. The highest BCUT2D eigenvalue weighted by Crippen LogP contribution is 2.17. The number of benzene rings is 1. The van der Waals surface area contributed by atoms with Crippen molar-refractivity contribution >= 4 is 21.8 Å². The van der Waals surface area contributed by atoms with Crippen LogP contribution in [0.4, 0.5) is 0 Å². The Morgan fingerprint density at radius 2 is 2.20 bits per heavy atom. The second-order valence-corrected chi connectivity index (χ2v) is 4.68. The van der Waals surface area contributed by atoms with Gasteiger partial charge in [-0.1, -0.05) is 33.8 Å². The van der Waals surface area contributed by atoms with Gasteiger partial charge in [0.1, 0.15) is 12.4 Å². The highest BCUT2D eigenvalue weighted by molar-refractivity contribution is 9.10. The number of nitrogens with one attached hydrogen (secondary N) is 1. The number of amides is 1. The number of ether oxygens (including phenoxy) is 1. The average molecular weight is 334 g/mol. The van der Waals surface area contributed by atoms with Crippen LogP contribution in [0.25, 0.3) is 0 Å². The van der Waals surface area contributed by atoms with Gasteiger partial charge in [-0.2, -0.15) is 0 Å². The second kappa shape index (κ2) is 7.41. The highest BCUT2D eigenvalue weighted by atomic mass is 79.9. The Morgan fingerprint density at radius 3 is 2.95 bits per heavy atom. The van der Waals surface area contributed by atoms with Crippen LogP contribution in [0.2, 0.25) is 0 Å². The summed E-state index contributed by atoms with van der Waals surface area (Å²) < 4.78 is 11.3. The number of carbonyl (C=O) groups is 1. The van der Waals surface area contributed by atoms with Crippen molar-refractivity contribution in [3.63, 3.8) is 0 Å². The Labute approximate surface area is 125 Å². The molecule has 2 rings (SSSR count). The molecule has 0 saturated heterocycles. The Bertz CT molecular complexity index is 626. The maximum atomic E-state index is 11.5. The van der Waals surface area contributed by atoms with Crippen LogP contribution in [-0.4, -0.2) is 19.1 Å². The molecule has 0 fully saturated rings. The quantitative estimate of drug-likeness (QED) is 0.875. The van der Waals surface area contributed by atoms with Gasteiger partial charge in [0.2, 0.25) is 0 Å². The molecule has 0 unspecified atom stereocenters. The smallest absolute Gasteiger partial charge is 0.287 e. The third-order valence-corrected chi connectivity index (χ3v) is 2.81. The molecule has 5 heteroatoms. The summed E-state index contributed by atoms with van der Waals surface area (Å²) in [7, 11) is 0. The molecular formula is C15H12BrNO3. The van der Waals surface area contributed by atoms with Gasteiger partial charge in [0.05, 0.1) is 12.8 Å². The van der Waals surface area contributed by atoms with Gasteiger partial charge in [-0.25, -0.2) is 0 Å². The van der Waals surface area contributed by atoms with Crippen LogP contribution in [0.1, 0.15) is 10.6 Å². The summed E-state index contributed by atoms with van der Waals surface area (Å²) in [6.45, 7) is 0.522. The molecule has 0 atom stereocenters. The fraction of sp³-hybridized carbons (Fsp3) is 0.133. The van der Waals surface area contributed by atoms with E-state index in [0.717, 1.165) is 10.2 Å². The van der Waals surface area contributed by atoms with Gasteiger partial charge in [-0.3, -0.25) is 4.79 Å². The van der Waals surface area contributed by atoms with Gasteiger partial charge >= 0.3 is 0 Å². The molecule has 4 nitrogen and oxygen atoms in total. The first-order valence-electron chi connectivity index (χ1n) is 5.91. The minimum atomic E-state index is -0.280. The first-order chi connectivity index (χ1) is 9.75. The summed E-state index contributed by atoms with van der Waals surface area (Å²) in [5.74, 6) is 6.36. The lowest BCUT2D eigenvalue weighted by atomic mass is 10.3. The molecule has 0 aliphatic heterocycles. The summed E-state index contributed by atoms with van der Waals surface area (Å²) in [4.78, 5) is 11.5. The molecular weight excluding hydrogens is 322 g/mol. The number of rotatable bonds is 4. The van der Waals surface area contributed by atoms with Crippen LogP contribution in [0.3, 0.4) is 0 Å². The van der Waals surface area contributed by atoms with Crippen molar-refractivity contribution in [2.24, 2.45) is 0 Å². The fourth-order valence-corrected chi connectivity index (χ4v) is 1.79. The third kappa shape index (κ3) is 4.48. The molecule has 1 N–H and O–H groups in total. The van der Waals surface area contributed by atoms with E-state index < -0.39 is 0 Å². The van der Waals surface area contributed by atoms with Gasteiger partial charge in [0.15, 0.2) is 5.76 Å². The van der Waals surface area contributed by atoms with Crippen LogP contribution in [0, 0.1) is 11.8 Å². The Morgan fingerprint density at radius 1 is 1.30 bits per heavy atom. The molecule has 20 heavy (non-hydrogen) atoms. The molecule has 2 aromatic rings. The van der Waals surface area contributed by atoms with E-state index in [2.05, 4.69) is 33.1 Å². The molecule has 1 aromatic heterocycles. The standard InChI is InChI=1S/C15H12BrNO3/c16-12-5-3-6-13(11-12)19-9-2-1-8-17-15(18)14-7-4-10-20-14/h3-7,10-11H,8-9H2,(H,17,18). The lowest BCUT2D eigenvalue weighted by Gasteiger charge is -2.01. The van der Waals surface area contributed by atoms with Gasteiger partial charge in [0, 0.05) is 4.47 Å². The molecule has 102 valence electrons. The molecule has 0 spiro atoms. The first kappa shape index (κ1) is 14.2. The molecule has 1 aromatic carbocycles. The average Bonchev–Trinajstić information content (AvgIpc) is 2.96. The van der Waals surface area contributed by atoms with Crippen molar-refractivity contribution in [1.29, 1.82) is 0 Å². The summed E-state index contributed by atoms with van der Waals surface area (Å²) in [6.07, 6.45) is 1.45. The van der Waals surface area contributed by atoms with Crippen LogP contribution >= 0.6 is 15.9 Å². The van der Waals surface area contributed by atoms with Gasteiger partial charge in [-0.05, 0) is 30.3 Å². The Kier molecular flexibility index (Phi) is 5.27. The summed E-state index contributed by atoms with van der Waals surface area (Å²) in [5.41, 5.74) is 0. The number of hydrogen-bond donors (Lipinski definition) is 1. The lowest BCUT2D eigenvalue weighted by Crippen LogP contribution is -2.23. The van der Waals surface area contributed by atoms with E-state index in [1.54, 1.807) is 12.1 Å². The summed E-state index contributed by atoms with van der Waals surface area (Å²) in [6, 6.07) is 10.8. The maximum absolute atomic E-state index is 11.5. The van der Waals surface area contributed by atoms with Gasteiger partial charge < -0.3 is 14.5 Å². The van der Waals surface area contributed by atoms with E-state index in [0.29, 0.717) is 0 Å². The van der Waals surface area contributed by atoms with Crippen molar-refractivity contribution in [1.82, 2.24) is 5.32 Å². The topological polar surface area (TPSA) is 51.5 Å². The first-order valence-corrected chi connectivity index (χ1v) is 6.71. The number of hydrogen-bond acceptors (Lipinski definition) is 3. The molecule has 1 amide bonds.